The second-order valence-corrected chi connectivity index (χ2v) is 5.05. The standard InChI is InChI=1S/C12H21N3O/c1-8(2)6-11(14)12(16)15-9(3)4-5-10(15)7-13/h8-11H,4-6,14H2,1-3H3/t9-,10-,11+/m0/s1. The predicted octanol–water partition coefficient (Wildman–Crippen LogP) is 1.26. The van der Waals surface area contributed by atoms with Crippen LogP contribution in [0.2, 0.25) is 0 Å². The smallest absolute Gasteiger partial charge is 0.240 e. The predicted molar refractivity (Wildman–Crippen MR) is 62.4 cm³/mol. The number of carbonyl (C=O) groups excluding carboxylic acids is 1. The summed E-state index contributed by atoms with van der Waals surface area (Å²) in [4.78, 5) is 13.8. The summed E-state index contributed by atoms with van der Waals surface area (Å²) in [5.74, 6) is 0.336. The number of likely N-dealkylation sites (tertiary alicyclic amines) is 1. The number of hydrogen-bond acceptors (Lipinski definition) is 3. The molecule has 2 N–H and O–H groups in total. The summed E-state index contributed by atoms with van der Waals surface area (Å²) in [6.45, 7) is 6.07. The minimum absolute atomic E-state index is 0.0646. The lowest BCUT2D eigenvalue weighted by atomic mass is 10.0. The van der Waals surface area contributed by atoms with Gasteiger partial charge in [-0.1, -0.05) is 13.8 Å². The van der Waals surface area contributed by atoms with Crippen molar-refractivity contribution in [1.29, 1.82) is 5.26 Å². The van der Waals surface area contributed by atoms with Crippen molar-refractivity contribution >= 4 is 5.91 Å². The fraction of sp³-hybridized carbons (Fsp3) is 0.833. The van der Waals surface area contributed by atoms with Crippen LogP contribution in [0.4, 0.5) is 0 Å². The van der Waals surface area contributed by atoms with Crippen LogP contribution in [-0.4, -0.2) is 28.9 Å². The molecule has 0 aromatic heterocycles. The number of nitriles is 1. The molecule has 0 unspecified atom stereocenters. The molecule has 0 bridgehead atoms. The van der Waals surface area contributed by atoms with Crippen LogP contribution in [0.3, 0.4) is 0 Å². The molecule has 0 saturated carbocycles. The van der Waals surface area contributed by atoms with Gasteiger partial charge in [0.1, 0.15) is 6.04 Å². The van der Waals surface area contributed by atoms with E-state index >= 15 is 0 Å². The third kappa shape index (κ3) is 2.73. The van der Waals surface area contributed by atoms with E-state index in [4.69, 9.17) is 11.0 Å². The lowest BCUT2D eigenvalue weighted by Crippen LogP contribution is -2.48. The van der Waals surface area contributed by atoms with E-state index in [0.29, 0.717) is 12.3 Å². The van der Waals surface area contributed by atoms with E-state index in [-0.39, 0.29) is 18.0 Å². The molecule has 0 spiro atoms. The molecule has 1 rings (SSSR count). The summed E-state index contributed by atoms with van der Waals surface area (Å²) in [5, 5.41) is 8.98. The highest BCUT2D eigenvalue weighted by Crippen LogP contribution is 2.24. The van der Waals surface area contributed by atoms with Crippen LogP contribution in [0.15, 0.2) is 0 Å². The Bertz CT molecular complexity index is 295. The summed E-state index contributed by atoms with van der Waals surface area (Å²) in [5.41, 5.74) is 5.88. The van der Waals surface area contributed by atoms with Crippen LogP contribution in [0, 0.1) is 17.2 Å². The Morgan fingerprint density at radius 3 is 2.69 bits per heavy atom. The Morgan fingerprint density at radius 2 is 2.19 bits per heavy atom. The van der Waals surface area contributed by atoms with Crippen molar-refractivity contribution in [3.8, 4) is 6.07 Å². The molecule has 0 aromatic carbocycles. The molecule has 1 aliphatic heterocycles. The second-order valence-electron chi connectivity index (χ2n) is 5.05. The molecule has 90 valence electrons. The van der Waals surface area contributed by atoms with E-state index in [0.717, 1.165) is 12.8 Å². The third-order valence-corrected chi connectivity index (χ3v) is 3.11. The minimum atomic E-state index is -0.462. The Balaban J connectivity index is 2.68. The van der Waals surface area contributed by atoms with Crippen molar-refractivity contribution in [3.05, 3.63) is 0 Å². The highest BCUT2D eigenvalue weighted by atomic mass is 16.2. The molecule has 0 aromatic rings. The molecule has 4 heteroatoms. The lowest BCUT2D eigenvalue weighted by molar-refractivity contribution is -0.134. The van der Waals surface area contributed by atoms with Gasteiger partial charge in [0.2, 0.25) is 5.91 Å². The van der Waals surface area contributed by atoms with Crippen LogP contribution in [0.1, 0.15) is 40.0 Å². The number of carbonyl (C=O) groups is 1. The molecule has 16 heavy (non-hydrogen) atoms. The van der Waals surface area contributed by atoms with Gasteiger partial charge >= 0.3 is 0 Å². The van der Waals surface area contributed by atoms with Crippen LogP contribution in [-0.2, 0) is 4.79 Å². The fourth-order valence-electron chi connectivity index (χ4n) is 2.28. The highest BCUT2D eigenvalue weighted by molar-refractivity contribution is 5.82. The molecule has 1 fully saturated rings. The van der Waals surface area contributed by atoms with Crippen molar-refractivity contribution in [3.63, 3.8) is 0 Å². The van der Waals surface area contributed by atoms with E-state index in [2.05, 4.69) is 6.07 Å². The van der Waals surface area contributed by atoms with Gasteiger partial charge in [-0.05, 0) is 32.1 Å². The number of rotatable bonds is 3. The molecular formula is C12H21N3O. The average molecular weight is 223 g/mol. The molecule has 1 heterocycles. The minimum Gasteiger partial charge on any atom is -0.323 e. The largest absolute Gasteiger partial charge is 0.323 e. The third-order valence-electron chi connectivity index (χ3n) is 3.11. The zero-order chi connectivity index (χ0) is 12.3. The van der Waals surface area contributed by atoms with Gasteiger partial charge < -0.3 is 10.6 Å². The Labute approximate surface area is 97.4 Å². The molecule has 1 aliphatic rings. The van der Waals surface area contributed by atoms with Crippen LogP contribution in [0.5, 0.6) is 0 Å². The Kier molecular flexibility index (Phi) is 4.31. The van der Waals surface area contributed by atoms with E-state index in [9.17, 15) is 4.79 Å². The zero-order valence-electron chi connectivity index (χ0n) is 10.3. The summed E-state index contributed by atoms with van der Waals surface area (Å²) < 4.78 is 0. The quantitative estimate of drug-likeness (QED) is 0.783. The normalized spacial score (nSPS) is 26.9. The first-order chi connectivity index (χ1) is 7.47. The molecule has 1 saturated heterocycles. The van der Waals surface area contributed by atoms with Gasteiger partial charge in [0.15, 0.2) is 0 Å². The maximum Gasteiger partial charge on any atom is 0.240 e. The fourth-order valence-corrected chi connectivity index (χ4v) is 2.28. The van der Waals surface area contributed by atoms with Gasteiger partial charge in [-0.15, -0.1) is 0 Å². The topological polar surface area (TPSA) is 70.1 Å². The van der Waals surface area contributed by atoms with Gasteiger partial charge in [-0.25, -0.2) is 0 Å². The van der Waals surface area contributed by atoms with Gasteiger partial charge in [-0.2, -0.15) is 5.26 Å². The molecule has 3 atom stereocenters. The molecule has 1 amide bonds. The van der Waals surface area contributed by atoms with Crippen molar-refractivity contribution in [2.45, 2.75) is 58.2 Å². The first kappa shape index (κ1) is 13.0. The van der Waals surface area contributed by atoms with Gasteiger partial charge in [0, 0.05) is 6.04 Å². The van der Waals surface area contributed by atoms with E-state index in [1.807, 2.05) is 20.8 Å². The number of nitrogens with two attached hydrogens (primary N) is 1. The van der Waals surface area contributed by atoms with Crippen LogP contribution >= 0.6 is 0 Å². The van der Waals surface area contributed by atoms with Gasteiger partial charge in [0.05, 0.1) is 12.1 Å². The SMILES string of the molecule is CC(C)C[C@@H](N)C(=O)N1[C@H](C#N)CC[C@@H]1C. The van der Waals surface area contributed by atoms with E-state index < -0.39 is 6.04 Å². The van der Waals surface area contributed by atoms with Gasteiger partial charge in [0.25, 0.3) is 0 Å². The lowest BCUT2D eigenvalue weighted by Gasteiger charge is -2.28. The molecule has 0 aliphatic carbocycles. The Morgan fingerprint density at radius 1 is 1.56 bits per heavy atom. The highest BCUT2D eigenvalue weighted by Gasteiger charge is 2.36. The van der Waals surface area contributed by atoms with Crippen molar-refractivity contribution < 1.29 is 4.79 Å². The first-order valence-electron chi connectivity index (χ1n) is 5.94. The van der Waals surface area contributed by atoms with E-state index in [1.165, 1.54) is 0 Å². The second kappa shape index (κ2) is 5.31. The monoisotopic (exact) mass is 223 g/mol. The number of hydrogen-bond donors (Lipinski definition) is 1. The Hall–Kier alpha value is -1.08. The van der Waals surface area contributed by atoms with Crippen molar-refractivity contribution in [1.82, 2.24) is 4.90 Å². The van der Waals surface area contributed by atoms with E-state index in [1.54, 1.807) is 4.90 Å². The molecular weight excluding hydrogens is 202 g/mol. The zero-order valence-corrected chi connectivity index (χ0v) is 10.3. The first-order valence-corrected chi connectivity index (χ1v) is 5.94. The molecule has 4 nitrogen and oxygen atoms in total. The summed E-state index contributed by atoms with van der Waals surface area (Å²) >= 11 is 0. The van der Waals surface area contributed by atoms with Crippen LogP contribution in [0.25, 0.3) is 0 Å². The number of amides is 1. The van der Waals surface area contributed by atoms with Crippen LogP contribution < -0.4 is 5.73 Å². The molecule has 0 radical (unpaired) electrons. The number of nitrogens with zero attached hydrogens (tertiary/aromatic N) is 2. The summed E-state index contributed by atoms with van der Waals surface area (Å²) in [7, 11) is 0. The van der Waals surface area contributed by atoms with Crippen molar-refractivity contribution in [2.24, 2.45) is 11.7 Å². The average Bonchev–Trinajstić information content (AvgIpc) is 2.57. The summed E-state index contributed by atoms with van der Waals surface area (Å²) in [6.07, 6.45) is 2.36. The maximum absolute atomic E-state index is 12.1. The van der Waals surface area contributed by atoms with Gasteiger partial charge in [-0.3, -0.25) is 4.79 Å². The summed E-state index contributed by atoms with van der Waals surface area (Å²) in [6, 6.07) is 1.59. The maximum atomic E-state index is 12.1. The van der Waals surface area contributed by atoms with Crippen molar-refractivity contribution in [2.75, 3.05) is 0 Å².